The third-order valence-corrected chi connectivity index (χ3v) is 2.22. The van der Waals surface area contributed by atoms with Crippen molar-refractivity contribution in [1.29, 1.82) is 0 Å². The van der Waals surface area contributed by atoms with E-state index >= 15 is 0 Å². The van der Waals surface area contributed by atoms with Gasteiger partial charge in [-0.15, -0.1) is 0 Å². The lowest BCUT2D eigenvalue weighted by Gasteiger charge is -2.03. The fourth-order valence-electron chi connectivity index (χ4n) is 1.34. The van der Waals surface area contributed by atoms with Crippen molar-refractivity contribution in [3.05, 3.63) is 0 Å². The lowest BCUT2D eigenvalue weighted by molar-refractivity contribution is 0.283. The van der Waals surface area contributed by atoms with Gasteiger partial charge >= 0.3 is 0 Å². The highest BCUT2D eigenvalue weighted by molar-refractivity contribution is 4.49. The number of nitrogens with one attached hydrogen (secondary N) is 1. The van der Waals surface area contributed by atoms with Crippen LogP contribution in [0, 0.1) is 0 Å². The topological polar surface area (TPSA) is 32.3 Å². The first-order valence-corrected chi connectivity index (χ1v) is 5.73. The molecule has 0 aliphatic carbocycles. The predicted octanol–water partition coefficient (Wildman–Crippen LogP) is 2.32. The molecule has 0 rings (SSSR count). The first-order chi connectivity index (χ1) is 6.41. The molecular formula is C11H25NO. The molecule has 0 spiro atoms. The van der Waals surface area contributed by atoms with E-state index in [0.29, 0.717) is 6.61 Å². The van der Waals surface area contributed by atoms with E-state index in [1.54, 1.807) is 0 Å². The summed E-state index contributed by atoms with van der Waals surface area (Å²) >= 11 is 0. The number of unbranched alkanes of at least 4 members (excludes halogenated alkanes) is 5. The molecule has 80 valence electrons. The second-order valence-corrected chi connectivity index (χ2v) is 3.59. The van der Waals surface area contributed by atoms with Crippen LogP contribution in [0.4, 0.5) is 0 Å². The molecule has 0 radical (unpaired) electrons. The molecule has 13 heavy (non-hydrogen) atoms. The Kier molecular flexibility index (Phi) is 11.8. The van der Waals surface area contributed by atoms with Gasteiger partial charge in [-0.05, 0) is 32.4 Å². The molecule has 2 heteroatoms. The summed E-state index contributed by atoms with van der Waals surface area (Å²) in [6.45, 7) is 4.79. The van der Waals surface area contributed by atoms with E-state index in [0.717, 1.165) is 25.9 Å². The summed E-state index contributed by atoms with van der Waals surface area (Å²) in [5.41, 5.74) is 0. The molecule has 0 aliphatic rings. The molecule has 0 saturated heterocycles. The summed E-state index contributed by atoms with van der Waals surface area (Å²) in [4.78, 5) is 0. The maximum Gasteiger partial charge on any atom is 0.0431 e. The minimum absolute atomic E-state index is 0.332. The van der Waals surface area contributed by atoms with Gasteiger partial charge in [0.2, 0.25) is 0 Å². The average Bonchev–Trinajstić information content (AvgIpc) is 2.16. The largest absolute Gasteiger partial charge is 0.396 e. The summed E-state index contributed by atoms with van der Waals surface area (Å²) in [5, 5.41) is 11.9. The van der Waals surface area contributed by atoms with Crippen LogP contribution in [0.1, 0.15) is 51.9 Å². The van der Waals surface area contributed by atoms with E-state index in [4.69, 9.17) is 5.11 Å². The second-order valence-electron chi connectivity index (χ2n) is 3.59. The molecule has 0 aromatic heterocycles. The minimum Gasteiger partial charge on any atom is -0.396 e. The maximum absolute atomic E-state index is 8.54. The normalized spacial score (nSPS) is 10.6. The fourth-order valence-corrected chi connectivity index (χ4v) is 1.34. The standard InChI is InChI=1S/C11H25NO/c1-2-3-4-5-6-9-12-10-7-8-11-13/h12-13H,2-11H2,1H3. The number of hydrogen-bond acceptors (Lipinski definition) is 2. The van der Waals surface area contributed by atoms with E-state index in [2.05, 4.69) is 12.2 Å². The van der Waals surface area contributed by atoms with Crippen LogP contribution in [-0.2, 0) is 0 Å². The zero-order valence-corrected chi connectivity index (χ0v) is 9.02. The Bertz CT molecular complexity index is 76.2. The van der Waals surface area contributed by atoms with Gasteiger partial charge in [-0.2, -0.15) is 0 Å². The van der Waals surface area contributed by atoms with Crippen molar-refractivity contribution >= 4 is 0 Å². The Morgan fingerprint density at radius 1 is 0.846 bits per heavy atom. The average molecular weight is 187 g/mol. The molecular weight excluding hydrogens is 162 g/mol. The van der Waals surface area contributed by atoms with Crippen molar-refractivity contribution in [2.75, 3.05) is 19.7 Å². The Labute approximate surface area is 82.7 Å². The van der Waals surface area contributed by atoms with Gasteiger partial charge in [0.1, 0.15) is 0 Å². The van der Waals surface area contributed by atoms with Crippen LogP contribution >= 0.6 is 0 Å². The highest BCUT2D eigenvalue weighted by Gasteiger charge is 1.89. The van der Waals surface area contributed by atoms with Gasteiger partial charge in [0.05, 0.1) is 0 Å². The highest BCUT2D eigenvalue weighted by Crippen LogP contribution is 2.00. The van der Waals surface area contributed by atoms with E-state index in [-0.39, 0.29) is 0 Å². The molecule has 0 aliphatic heterocycles. The summed E-state index contributed by atoms with van der Waals surface area (Å²) in [6.07, 6.45) is 8.79. The van der Waals surface area contributed by atoms with Gasteiger partial charge < -0.3 is 10.4 Å². The molecule has 0 aromatic rings. The van der Waals surface area contributed by atoms with Crippen LogP contribution in [0.5, 0.6) is 0 Å². The minimum atomic E-state index is 0.332. The molecule has 0 amide bonds. The summed E-state index contributed by atoms with van der Waals surface area (Å²) in [7, 11) is 0. The number of hydrogen-bond donors (Lipinski definition) is 2. The lowest BCUT2D eigenvalue weighted by Crippen LogP contribution is -2.16. The van der Waals surface area contributed by atoms with Gasteiger partial charge in [0.15, 0.2) is 0 Å². The zero-order chi connectivity index (χ0) is 9.78. The van der Waals surface area contributed by atoms with Crippen LogP contribution < -0.4 is 5.32 Å². The molecule has 0 saturated carbocycles. The quantitative estimate of drug-likeness (QED) is 0.514. The fraction of sp³-hybridized carbons (Fsp3) is 1.00. The van der Waals surface area contributed by atoms with Crippen molar-refractivity contribution in [2.45, 2.75) is 51.9 Å². The Morgan fingerprint density at radius 2 is 1.46 bits per heavy atom. The Hall–Kier alpha value is -0.0800. The first kappa shape index (κ1) is 12.9. The van der Waals surface area contributed by atoms with Crippen LogP contribution in [0.25, 0.3) is 0 Å². The smallest absolute Gasteiger partial charge is 0.0431 e. The molecule has 0 fully saturated rings. The van der Waals surface area contributed by atoms with E-state index in [1.807, 2.05) is 0 Å². The van der Waals surface area contributed by atoms with E-state index < -0.39 is 0 Å². The van der Waals surface area contributed by atoms with Gasteiger partial charge in [0.25, 0.3) is 0 Å². The highest BCUT2D eigenvalue weighted by atomic mass is 16.2. The van der Waals surface area contributed by atoms with Crippen molar-refractivity contribution in [1.82, 2.24) is 5.32 Å². The third kappa shape index (κ3) is 11.9. The molecule has 2 N–H and O–H groups in total. The summed E-state index contributed by atoms with van der Waals surface area (Å²) in [6, 6.07) is 0. The Morgan fingerprint density at radius 3 is 2.08 bits per heavy atom. The lowest BCUT2D eigenvalue weighted by atomic mass is 10.1. The maximum atomic E-state index is 8.54. The number of aliphatic hydroxyl groups is 1. The van der Waals surface area contributed by atoms with Crippen molar-refractivity contribution in [2.24, 2.45) is 0 Å². The van der Waals surface area contributed by atoms with Crippen molar-refractivity contribution in [3.63, 3.8) is 0 Å². The molecule has 0 heterocycles. The molecule has 2 nitrogen and oxygen atoms in total. The van der Waals surface area contributed by atoms with Crippen molar-refractivity contribution in [3.8, 4) is 0 Å². The molecule has 0 atom stereocenters. The molecule has 0 bridgehead atoms. The van der Waals surface area contributed by atoms with Gasteiger partial charge in [0, 0.05) is 6.61 Å². The monoisotopic (exact) mass is 187 g/mol. The summed E-state index contributed by atoms with van der Waals surface area (Å²) < 4.78 is 0. The van der Waals surface area contributed by atoms with Gasteiger partial charge in [-0.25, -0.2) is 0 Å². The van der Waals surface area contributed by atoms with Crippen molar-refractivity contribution < 1.29 is 5.11 Å². The van der Waals surface area contributed by atoms with Crippen LogP contribution in [-0.4, -0.2) is 24.8 Å². The zero-order valence-electron chi connectivity index (χ0n) is 9.02. The van der Waals surface area contributed by atoms with E-state index in [1.165, 1.54) is 32.1 Å². The van der Waals surface area contributed by atoms with Gasteiger partial charge in [-0.1, -0.05) is 32.6 Å². The van der Waals surface area contributed by atoms with Crippen LogP contribution in [0.2, 0.25) is 0 Å². The molecule has 0 unspecified atom stereocenters. The number of aliphatic hydroxyl groups excluding tert-OH is 1. The number of rotatable bonds is 10. The van der Waals surface area contributed by atoms with Gasteiger partial charge in [-0.3, -0.25) is 0 Å². The second kappa shape index (κ2) is 11.9. The van der Waals surface area contributed by atoms with Crippen LogP contribution in [0.3, 0.4) is 0 Å². The SMILES string of the molecule is CCCCCCCNCCCCO. The molecule has 0 aromatic carbocycles. The predicted molar refractivity (Wildman–Crippen MR) is 57.9 cm³/mol. The van der Waals surface area contributed by atoms with Crippen LogP contribution in [0.15, 0.2) is 0 Å². The Balaban J connectivity index is 2.76. The van der Waals surface area contributed by atoms with E-state index in [9.17, 15) is 0 Å². The third-order valence-electron chi connectivity index (χ3n) is 2.22. The first-order valence-electron chi connectivity index (χ1n) is 5.73. The summed E-state index contributed by atoms with van der Waals surface area (Å²) in [5.74, 6) is 0.